The average Bonchev–Trinajstić information content (AvgIpc) is 2.67. The second kappa shape index (κ2) is 5.56. The zero-order valence-electron chi connectivity index (χ0n) is 9.92. The van der Waals surface area contributed by atoms with Gasteiger partial charge in [0.15, 0.2) is 5.78 Å². The minimum absolute atomic E-state index is 0.0640. The molecule has 0 aliphatic carbocycles. The second-order valence-electron chi connectivity index (χ2n) is 4.57. The highest BCUT2D eigenvalue weighted by Gasteiger charge is 2.29. The molecule has 2 atom stereocenters. The number of likely N-dealkylation sites (tertiary alicyclic amines) is 1. The van der Waals surface area contributed by atoms with E-state index in [2.05, 4.69) is 0 Å². The van der Waals surface area contributed by atoms with Crippen LogP contribution in [0.1, 0.15) is 16.8 Å². The molecule has 0 saturated carbocycles. The van der Waals surface area contributed by atoms with Crippen molar-refractivity contribution in [3.05, 3.63) is 35.6 Å². The predicted molar refractivity (Wildman–Crippen MR) is 63.8 cm³/mol. The monoisotopic (exact) mass is 253 g/mol. The molecule has 5 heteroatoms. The van der Waals surface area contributed by atoms with Crippen LogP contribution in [0.3, 0.4) is 0 Å². The molecule has 0 spiro atoms. The fourth-order valence-electron chi connectivity index (χ4n) is 2.07. The molecule has 2 unspecified atom stereocenters. The Bertz CT molecular complexity index is 411. The van der Waals surface area contributed by atoms with Crippen LogP contribution < -0.4 is 0 Å². The lowest BCUT2D eigenvalue weighted by Gasteiger charge is -2.13. The van der Waals surface area contributed by atoms with Crippen molar-refractivity contribution < 1.29 is 19.4 Å². The summed E-state index contributed by atoms with van der Waals surface area (Å²) in [5, 5.41) is 18.7. The van der Waals surface area contributed by atoms with E-state index in [1.807, 2.05) is 4.90 Å². The lowest BCUT2D eigenvalue weighted by Crippen LogP contribution is -2.25. The quantitative estimate of drug-likeness (QED) is 0.764. The van der Waals surface area contributed by atoms with E-state index in [-0.39, 0.29) is 11.6 Å². The molecule has 1 aromatic rings. The summed E-state index contributed by atoms with van der Waals surface area (Å²) in [6.07, 6.45) is -1.16. The van der Waals surface area contributed by atoms with E-state index in [1.54, 1.807) is 0 Å². The van der Waals surface area contributed by atoms with Gasteiger partial charge in [0, 0.05) is 31.6 Å². The molecule has 0 radical (unpaired) electrons. The molecule has 18 heavy (non-hydrogen) atoms. The third-order valence-electron chi connectivity index (χ3n) is 3.16. The largest absolute Gasteiger partial charge is 0.389 e. The van der Waals surface area contributed by atoms with Crippen LogP contribution in [0.5, 0.6) is 0 Å². The number of rotatable bonds is 4. The van der Waals surface area contributed by atoms with Crippen LogP contribution in [0.25, 0.3) is 0 Å². The number of hydrogen-bond donors (Lipinski definition) is 2. The van der Waals surface area contributed by atoms with Crippen LogP contribution in [-0.2, 0) is 0 Å². The summed E-state index contributed by atoms with van der Waals surface area (Å²) < 4.78 is 12.7. The number of aliphatic hydroxyl groups is 2. The third kappa shape index (κ3) is 3.13. The molecule has 0 bridgehead atoms. The Balaban J connectivity index is 1.84. The highest BCUT2D eigenvalue weighted by molar-refractivity contribution is 5.96. The Morgan fingerprint density at radius 1 is 1.22 bits per heavy atom. The zero-order valence-corrected chi connectivity index (χ0v) is 9.92. The van der Waals surface area contributed by atoms with Crippen molar-refractivity contribution in [3.63, 3.8) is 0 Å². The van der Waals surface area contributed by atoms with Crippen molar-refractivity contribution in [3.8, 4) is 0 Å². The van der Waals surface area contributed by atoms with Gasteiger partial charge in [-0.2, -0.15) is 0 Å². The fourth-order valence-corrected chi connectivity index (χ4v) is 2.07. The van der Waals surface area contributed by atoms with Gasteiger partial charge < -0.3 is 10.2 Å². The Kier molecular flexibility index (Phi) is 4.06. The first kappa shape index (κ1) is 13.1. The number of hydrogen-bond acceptors (Lipinski definition) is 4. The van der Waals surface area contributed by atoms with Gasteiger partial charge in [-0.15, -0.1) is 0 Å². The number of carbonyl (C=O) groups excluding carboxylic acids is 1. The molecule has 1 fully saturated rings. The summed E-state index contributed by atoms with van der Waals surface area (Å²) in [4.78, 5) is 13.6. The number of benzene rings is 1. The van der Waals surface area contributed by atoms with Crippen molar-refractivity contribution in [2.24, 2.45) is 0 Å². The third-order valence-corrected chi connectivity index (χ3v) is 3.16. The summed E-state index contributed by atoms with van der Waals surface area (Å²) in [6.45, 7) is 1.26. The average molecular weight is 253 g/mol. The number of ketones is 1. The van der Waals surface area contributed by atoms with Gasteiger partial charge in [-0.05, 0) is 24.3 Å². The van der Waals surface area contributed by atoms with E-state index >= 15 is 0 Å². The van der Waals surface area contributed by atoms with Crippen LogP contribution in [0, 0.1) is 5.82 Å². The molecule has 98 valence electrons. The maximum Gasteiger partial charge on any atom is 0.164 e. The number of halogens is 1. The molecular weight excluding hydrogens is 237 g/mol. The molecule has 1 aliphatic heterocycles. The number of aliphatic hydroxyl groups excluding tert-OH is 2. The summed E-state index contributed by atoms with van der Waals surface area (Å²) >= 11 is 0. The SMILES string of the molecule is O=C(CCN1CC(O)C(O)C1)c1ccc(F)cc1. The van der Waals surface area contributed by atoms with E-state index in [1.165, 1.54) is 24.3 Å². The normalized spacial score (nSPS) is 24.4. The Morgan fingerprint density at radius 3 is 2.33 bits per heavy atom. The summed E-state index contributed by atoms with van der Waals surface area (Å²) in [7, 11) is 0. The lowest BCUT2D eigenvalue weighted by molar-refractivity contribution is 0.0572. The van der Waals surface area contributed by atoms with Crippen molar-refractivity contribution in [1.29, 1.82) is 0 Å². The Hall–Kier alpha value is -1.30. The van der Waals surface area contributed by atoms with Crippen molar-refractivity contribution in [1.82, 2.24) is 4.90 Å². The first-order valence-corrected chi connectivity index (χ1v) is 5.93. The molecule has 1 aromatic carbocycles. The van der Waals surface area contributed by atoms with Gasteiger partial charge >= 0.3 is 0 Å². The van der Waals surface area contributed by atoms with E-state index in [9.17, 15) is 19.4 Å². The molecule has 1 heterocycles. The summed E-state index contributed by atoms with van der Waals surface area (Å²) in [6, 6.07) is 5.45. The molecule has 0 aromatic heterocycles. The topological polar surface area (TPSA) is 60.8 Å². The number of nitrogens with zero attached hydrogens (tertiary/aromatic N) is 1. The van der Waals surface area contributed by atoms with Crippen LogP contribution in [0.4, 0.5) is 4.39 Å². The molecule has 0 amide bonds. The predicted octanol–water partition coefficient (Wildman–Crippen LogP) is 0.436. The van der Waals surface area contributed by atoms with Crippen molar-refractivity contribution >= 4 is 5.78 Å². The van der Waals surface area contributed by atoms with Crippen LogP contribution >= 0.6 is 0 Å². The lowest BCUT2D eigenvalue weighted by atomic mass is 10.1. The molecular formula is C13H16FNO3. The first-order valence-electron chi connectivity index (χ1n) is 5.93. The van der Waals surface area contributed by atoms with Gasteiger partial charge in [-0.3, -0.25) is 9.69 Å². The smallest absolute Gasteiger partial charge is 0.164 e. The Morgan fingerprint density at radius 2 is 1.78 bits per heavy atom. The van der Waals surface area contributed by atoms with Gasteiger partial charge in [0.25, 0.3) is 0 Å². The van der Waals surface area contributed by atoms with Gasteiger partial charge in [-0.1, -0.05) is 0 Å². The number of β-amino-alcohol motifs (C(OH)–C–C–N with tert-alkyl or cyclic N) is 2. The van der Waals surface area contributed by atoms with Gasteiger partial charge in [-0.25, -0.2) is 4.39 Å². The van der Waals surface area contributed by atoms with Crippen LogP contribution in [0.15, 0.2) is 24.3 Å². The van der Waals surface area contributed by atoms with Gasteiger partial charge in [0.2, 0.25) is 0 Å². The summed E-state index contributed by atoms with van der Waals surface area (Å²) in [5.41, 5.74) is 0.483. The van der Waals surface area contributed by atoms with E-state index in [4.69, 9.17) is 0 Å². The molecule has 1 aliphatic rings. The zero-order chi connectivity index (χ0) is 13.1. The highest BCUT2D eigenvalue weighted by Crippen LogP contribution is 2.12. The minimum atomic E-state index is -0.731. The highest BCUT2D eigenvalue weighted by atomic mass is 19.1. The van der Waals surface area contributed by atoms with Crippen molar-refractivity contribution in [2.75, 3.05) is 19.6 Å². The van der Waals surface area contributed by atoms with Gasteiger partial charge in [0.05, 0.1) is 12.2 Å². The standard InChI is InChI=1S/C13H16FNO3/c14-10-3-1-9(2-4-10)11(16)5-6-15-7-12(17)13(18)8-15/h1-4,12-13,17-18H,5-8H2. The van der Waals surface area contributed by atoms with E-state index < -0.39 is 12.2 Å². The molecule has 4 nitrogen and oxygen atoms in total. The van der Waals surface area contributed by atoms with E-state index in [0.29, 0.717) is 31.6 Å². The number of Topliss-reactive ketones (excluding diaryl/α,β-unsaturated/α-hetero) is 1. The molecule has 2 rings (SSSR count). The summed E-state index contributed by atoms with van der Waals surface area (Å²) in [5.74, 6) is -0.428. The van der Waals surface area contributed by atoms with Crippen LogP contribution in [0.2, 0.25) is 0 Å². The maximum atomic E-state index is 12.7. The molecule has 2 N–H and O–H groups in total. The van der Waals surface area contributed by atoms with E-state index in [0.717, 1.165) is 0 Å². The molecule has 1 saturated heterocycles. The van der Waals surface area contributed by atoms with Crippen LogP contribution in [-0.4, -0.2) is 52.7 Å². The first-order chi connectivity index (χ1) is 8.56. The maximum absolute atomic E-state index is 12.7. The fraction of sp³-hybridized carbons (Fsp3) is 0.462. The van der Waals surface area contributed by atoms with Gasteiger partial charge in [0.1, 0.15) is 5.82 Å². The Labute approximate surface area is 105 Å². The number of carbonyl (C=O) groups is 1. The second-order valence-corrected chi connectivity index (χ2v) is 4.57. The van der Waals surface area contributed by atoms with Crippen molar-refractivity contribution in [2.45, 2.75) is 18.6 Å². The minimum Gasteiger partial charge on any atom is -0.389 e.